The molecular weight excluding hydrogens is 544 g/mol. The second-order valence-electron chi connectivity index (χ2n) is 10.2. The summed E-state index contributed by atoms with van der Waals surface area (Å²) >= 11 is 0. The minimum absolute atomic E-state index is 0.00166. The standard InChI is InChI=1S/C29H36N6O7/c1-34(2)23-7-6-19-12-18(4-5-20(19)14-23)13-21(15-30)28(39)31-9-11-41-10-8-22-16-35(33-32-22)17-24-25(36)26(37)27(38)29(40-3)42-24/h4-7,12-14,16,24-27,29,36-38H,8-11,17H2,1-3H3,(H,31,39)/b21-13+/t24-,25-,26+,27-,29+/m1/s1. The normalized spacial score (nSPS) is 22.6. The van der Waals surface area contributed by atoms with E-state index in [9.17, 15) is 25.4 Å². The largest absolute Gasteiger partial charge is 0.388 e. The van der Waals surface area contributed by atoms with E-state index >= 15 is 0 Å². The molecule has 0 aliphatic carbocycles. The van der Waals surface area contributed by atoms with Crippen molar-refractivity contribution < 1.29 is 34.3 Å². The molecule has 4 N–H and O–H groups in total. The number of nitrogens with zero attached hydrogens (tertiary/aromatic N) is 5. The molecule has 1 aliphatic rings. The van der Waals surface area contributed by atoms with Gasteiger partial charge in [-0.25, -0.2) is 4.68 Å². The predicted molar refractivity (Wildman–Crippen MR) is 153 cm³/mol. The third-order valence-electron chi connectivity index (χ3n) is 6.93. The van der Waals surface area contributed by atoms with E-state index in [1.54, 1.807) is 12.3 Å². The molecule has 1 saturated heterocycles. The van der Waals surface area contributed by atoms with Crippen LogP contribution >= 0.6 is 0 Å². The summed E-state index contributed by atoms with van der Waals surface area (Å²) in [6.07, 6.45) is -2.34. The van der Waals surface area contributed by atoms with Crippen molar-refractivity contribution in [2.24, 2.45) is 0 Å². The summed E-state index contributed by atoms with van der Waals surface area (Å²) in [5, 5.41) is 52.5. The molecule has 5 atom stereocenters. The average Bonchev–Trinajstić information content (AvgIpc) is 3.44. The number of aromatic nitrogens is 3. The third kappa shape index (κ3) is 7.68. The SMILES string of the molecule is CO[C@H]1O[C@H](Cn2cc(CCOCCNC(=O)/C(C#N)=C/c3ccc4cc(N(C)C)ccc4c3)nn2)[C@@H](O)[C@H](O)[C@H]1O. The van der Waals surface area contributed by atoms with Gasteiger partial charge in [-0.3, -0.25) is 4.79 Å². The number of aliphatic hydroxyl groups excluding tert-OH is 3. The quantitative estimate of drug-likeness (QED) is 0.131. The lowest BCUT2D eigenvalue weighted by Gasteiger charge is -2.39. The topological polar surface area (TPSA) is 175 Å². The van der Waals surface area contributed by atoms with Crippen LogP contribution in [0.3, 0.4) is 0 Å². The zero-order valence-corrected chi connectivity index (χ0v) is 23.8. The Morgan fingerprint density at radius 2 is 1.90 bits per heavy atom. The van der Waals surface area contributed by atoms with E-state index in [-0.39, 0.29) is 25.3 Å². The van der Waals surface area contributed by atoms with Gasteiger partial charge in [-0.1, -0.05) is 23.4 Å². The molecule has 13 heteroatoms. The van der Waals surface area contributed by atoms with Crippen molar-refractivity contribution in [3.63, 3.8) is 0 Å². The number of hydrogen-bond donors (Lipinski definition) is 4. The van der Waals surface area contributed by atoms with Crippen molar-refractivity contribution in [3.05, 3.63) is 59.4 Å². The van der Waals surface area contributed by atoms with E-state index < -0.39 is 36.6 Å². The highest BCUT2D eigenvalue weighted by molar-refractivity contribution is 6.02. The van der Waals surface area contributed by atoms with Gasteiger partial charge in [0.05, 0.1) is 25.5 Å². The first-order chi connectivity index (χ1) is 20.2. The number of aliphatic hydroxyl groups is 3. The lowest BCUT2D eigenvalue weighted by Crippen LogP contribution is -2.58. The Morgan fingerprint density at radius 3 is 2.64 bits per heavy atom. The number of fused-ring (bicyclic) bond motifs is 1. The average molecular weight is 581 g/mol. The lowest BCUT2D eigenvalue weighted by molar-refractivity contribution is -0.292. The van der Waals surface area contributed by atoms with Crippen LogP contribution in [0, 0.1) is 11.3 Å². The molecule has 4 rings (SSSR count). The molecular formula is C29H36N6O7. The first-order valence-electron chi connectivity index (χ1n) is 13.5. The van der Waals surface area contributed by atoms with E-state index in [4.69, 9.17) is 14.2 Å². The maximum absolute atomic E-state index is 12.5. The first kappa shape index (κ1) is 31.0. The fraction of sp³-hybridized carbons (Fsp3) is 0.448. The van der Waals surface area contributed by atoms with E-state index in [2.05, 4.69) is 21.7 Å². The smallest absolute Gasteiger partial charge is 0.262 e. The Morgan fingerprint density at radius 1 is 1.14 bits per heavy atom. The van der Waals surface area contributed by atoms with Crippen LogP contribution < -0.4 is 10.2 Å². The van der Waals surface area contributed by atoms with Gasteiger partial charge in [0.1, 0.15) is 36.1 Å². The molecule has 2 heterocycles. The first-order valence-corrected chi connectivity index (χ1v) is 13.5. The van der Waals surface area contributed by atoms with Crippen molar-refractivity contribution in [3.8, 4) is 6.07 Å². The van der Waals surface area contributed by atoms with Crippen LogP contribution in [0.1, 0.15) is 11.3 Å². The van der Waals surface area contributed by atoms with Crippen LogP contribution in [-0.4, -0.2) is 108 Å². The number of nitrogens with one attached hydrogen (secondary N) is 1. The zero-order valence-electron chi connectivity index (χ0n) is 23.8. The van der Waals surface area contributed by atoms with Crippen LogP contribution in [0.5, 0.6) is 0 Å². The van der Waals surface area contributed by atoms with Crippen molar-refractivity contribution in [1.82, 2.24) is 20.3 Å². The van der Waals surface area contributed by atoms with E-state index in [1.165, 1.54) is 11.8 Å². The highest BCUT2D eigenvalue weighted by atomic mass is 16.7. The number of methoxy groups -OCH3 is 1. The Balaban J connectivity index is 1.19. The number of amides is 1. The lowest BCUT2D eigenvalue weighted by atomic mass is 9.99. The van der Waals surface area contributed by atoms with Gasteiger partial charge >= 0.3 is 0 Å². The fourth-order valence-corrected chi connectivity index (χ4v) is 4.53. The molecule has 0 bridgehead atoms. The molecule has 0 radical (unpaired) electrons. The van der Waals surface area contributed by atoms with E-state index in [1.807, 2.05) is 55.4 Å². The molecule has 1 amide bonds. The molecule has 0 spiro atoms. The molecule has 3 aromatic rings. The molecule has 2 aromatic carbocycles. The van der Waals surface area contributed by atoms with Gasteiger partial charge in [0.2, 0.25) is 0 Å². The predicted octanol–water partition coefficient (Wildman–Crippen LogP) is 0.234. The Hall–Kier alpha value is -3.90. The number of carbonyl (C=O) groups excluding carboxylic acids is 1. The summed E-state index contributed by atoms with van der Waals surface area (Å²) in [4.78, 5) is 14.6. The van der Waals surface area contributed by atoms with Gasteiger partial charge in [0.25, 0.3) is 5.91 Å². The van der Waals surface area contributed by atoms with Gasteiger partial charge in [-0.15, -0.1) is 5.10 Å². The summed E-state index contributed by atoms with van der Waals surface area (Å²) in [5.74, 6) is -0.479. The summed E-state index contributed by atoms with van der Waals surface area (Å²) in [7, 11) is 5.30. The van der Waals surface area contributed by atoms with Crippen LogP contribution in [0.2, 0.25) is 0 Å². The van der Waals surface area contributed by atoms with Crippen molar-refractivity contribution in [1.29, 1.82) is 5.26 Å². The number of ether oxygens (including phenoxy) is 3. The zero-order chi connectivity index (χ0) is 30.2. The monoisotopic (exact) mass is 580 g/mol. The number of rotatable bonds is 12. The highest BCUT2D eigenvalue weighted by Gasteiger charge is 2.44. The van der Waals surface area contributed by atoms with Gasteiger partial charge < -0.3 is 39.7 Å². The Bertz CT molecular complexity index is 1430. The van der Waals surface area contributed by atoms with Crippen LogP contribution in [-0.2, 0) is 32.0 Å². The van der Waals surface area contributed by atoms with Crippen molar-refractivity contribution in [2.75, 3.05) is 45.9 Å². The van der Waals surface area contributed by atoms with Crippen molar-refractivity contribution in [2.45, 2.75) is 43.7 Å². The minimum atomic E-state index is -1.42. The second kappa shape index (κ2) is 14.3. The van der Waals surface area contributed by atoms with Gasteiger partial charge in [0, 0.05) is 46.1 Å². The maximum Gasteiger partial charge on any atom is 0.262 e. The molecule has 1 fully saturated rings. The van der Waals surface area contributed by atoms with Gasteiger partial charge in [0.15, 0.2) is 6.29 Å². The van der Waals surface area contributed by atoms with Crippen LogP contribution in [0.25, 0.3) is 16.8 Å². The second-order valence-corrected chi connectivity index (χ2v) is 10.2. The van der Waals surface area contributed by atoms with Crippen LogP contribution in [0.15, 0.2) is 48.2 Å². The number of nitriles is 1. The highest BCUT2D eigenvalue weighted by Crippen LogP contribution is 2.24. The van der Waals surface area contributed by atoms with Crippen LogP contribution in [0.4, 0.5) is 5.69 Å². The number of benzene rings is 2. The minimum Gasteiger partial charge on any atom is -0.388 e. The molecule has 13 nitrogen and oxygen atoms in total. The Labute approximate surface area is 243 Å². The maximum atomic E-state index is 12.5. The van der Waals surface area contributed by atoms with Crippen molar-refractivity contribution >= 4 is 28.4 Å². The number of hydrogen-bond acceptors (Lipinski definition) is 11. The van der Waals surface area contributed by atoms with Gasteiger partial charge in [-0.05, 0) is 40.6 Å². The van der Waals surface area contributed by atoms with E-state index in [0.29, 0.717) is 18.7 Å². The van der Waals surface area contributed by atoms with Gasteiger partial charge in [-0.2, -0.15) is 5.26 Å². The molecule has 42 heavy (non-hydrogen) atoms. The summed E-state index contributed by atoms with van der Waals surface area (Å²) in [6.45, 7) is 0.877. The molecule has 1 aliphatic heterocycles. The molecule has 0 unspecified atom stereocenters. The molecule has 0 saturated carbocycles. The van der Waals surface area contributed by atoms with E-state index in [0.717, 1.165) is 22.0 Å². The number of anilines is 1. The Kier molecular flexibility index (Phi) is 10.6. The fourth-order valence-electron chi connectivity index (χ4n) is 4.53. The summed E-state index contributed by atoms with van der Waals surface area (Å²) in [6, 6.07) is 13.9. The molecule has 1 aromatic heterocycles. The summed E-state index contributed by atoms with van der Waals surface area (Å²) < 4.78 is 17.6. The number of carbonyl (C=O) groups is 1. The third-order valence-corrected chi connectivity index (χ3v) is 6.93. The molecule has 224 valence electrons. The summed E-state index contributed by atoms with van der Waals surface area (Å²) in [5.41, 5.74) is 2.48.